The minimum absolute atomic E-state index is 0.0176. The molecule has 0 amide bonds. The lowest BCUT2D eigenvalue weighted by Crippen LogP contribution is -2.21. The molecule has 0 bridgehead atoms. The number of rotatable bonds is 26. The molecule has 0 unspecified atom stereocenters. The van der Waals surface area contributed by atoms with Crippen molar-refractivity contribution in [3.63, 3.8) is 0 Å². The number of hydrogen-bond donors (Lipinski definition) is 7. The van der Waals surface area contributed by atoms with Gasteiger partial charge in [0.1, 0.15) is 33.9 Å². The number of fused-ring (bicyclic) bond motifs is 5. The maximum absolute atomic E-state index is 14.5. The molecule has 38 heteroatoms. The number of carbonyl (C=O) groups excluding carboxylic acids is 3. The van der Waals surface area contributed by atoms with Crippen molar-refractivity contribution in [3.05, 3.63) is 180 Å². The maximum atomic E-state index is 14.5. The summed E-state index contributed by atoms with van der Waals surface area (Å²) in [6.45, 7) is 1.79. The molecule has 120 heavy (non-hydrogen) atoms. The third kappa shape index (κ3) is 22.8. The molecule has 0 aliphatic heterocycles. The number of H-pyrrole nitrogens is 4. The summed E-state index contributed by atoms with van der Waals surface area (Å²) in [7, 11) is 26.7. The van der Waals surface area contributed by atoms with Crippen LogP contribution in [-0.2, 0) is 117 Å². The first-order valence-electron chi connectivity index (χ1n) is 36.1. The lowest BCUT2D eigenvalue weighted by molar-refractivity contribution is -0.140. The lowest BCUT2D eigenvalue weighted by atomic mass is 10.0. The van der Waals surface area contributed by atoms with Gasteiger partial charge in [-0.3, -0.25) is 33.3 Å². The molecule has 0 atom stereocenters. The molecule has 0 saturated carbocycles. The number of methoxy groups -OCH3 is 7. The summed E-state index contributed by atoms with van der Waals surface area (Å²) in [5.74, 6) is -6.90. The van der Waals surface area contributed by atoms with Gasteiger partial charge in [-0.2, -0.15) is 39.5 Å². The SMILES string of the molecule is COC(=O)Cc1c(CN(C)C)[nH]c2ccc(OC)c(C(F)(F)F)c12.COC(=O)Cc1c(CN(C)C)[nH]c2ccc(OC)c(F)c12.COc1ccc2[nH]c(CN(C)C)c(CC(=O)O)c2c1C(F)(F)F.COc1ccc2[nH]c(CN(C)C)c(CC(=O)O)c2c1F.COc1ccc2c(c(CC(=O)O)c(CN(C)C)n2C(=O)c2ccc(Cl)cc2)c1C(F)(F)F. The molecule has 5 heterocycles. The highest BCUT2D eigenvalue weighted by Crippen LogP contribution is 2.48. The first-order valence-corrected chi connectivity index (χ1v) is 36.5. The van der Waals surface area contributed by atoms with Crippen LogP contribution in [0, 0.1) is 11.6 Å². The van der Waals surface area contributed by atoms with Crippen molar-refractivity contribution in [1.82, 2.24) is 49.0 Å². The molecule has 0 aliphatic rings. The summed E-state index contributed by atoms with van der Waals surface area (Å²) in [5, 5.41) is 28.1. The molecule has 26 nitrogen and oxygen atoms in total. The van der Waals surface area contributed by atoms with Crippen molar-refractivity contribution >= 4 is 102 Å². The third-order valence-electron chi connectivity index (χ3n) is 18.3. The summed E-state index contributed by atoms with van der Waals surface area (Å²) in [5.41, 5.74) is 3.02. The monoisotopic (exact) mass is 1720 g/mol. The van der Waals surface area contributed by atoms with Crippen molar-refractivity contribution < 1.29 is 126 Å². The van der Waals surface area contributed by atoms with E-state index in [4.69, 9.17) is 50.2 Å². The Hall–Kier alpha value is -11.6. The molecule has 6 aromatic carbocycles. The van der Waals surface area contributed by atoms with Gasteiger partial charge in [0.15, 0.2) is 23.1 Å². The van der Waals surface area contributed by atoms with Gasteiger partial charge >= 0.3 is 48.4 Å². The number of aliphatic carboxylic acids is 3. The highest BCUT2D eigenvalue weighted by molar-refractivity contribution is 6.30. The molecule has 11 aromatic rings. The van der Waals surface area contributed by atoms with Crippen molar-refractivity contribution in [3.8, 4) is 28.7 Å². The molecule has 650 valence electrons. The molecular weight excluding hydrogens is 1630 g/mol. The van der Waals surface area contributed by atoms with Gasteiger partial charge in [0.25, 0.3) is 5.91 Å². The number of carbonyl (C=O) groups is 6. The molecule has 11 rings (SSSR count). The van der Waals surface area contributed by atoms with Crippen LogP contribution in [0.3, 0.4) is 0 Å². The maximum Gasteiger partial charge on any atom is 0.420 e. The fraction of sp³-hybridized carbons (Fsp3) is 0.366. The van der Waals surface area contributed by atoms with E-state index < -0.39 is 101 Å². The van der Waals surface area contributed by atoms with Gasteiger partial charge in [-0.15, -0.1) is 0 Å². The zero-order valence-electron chi connectivity index (χ0n) is 68.5. The van der Waals surface area contributed by atoms with E-state index in [0.29, 0.717) is 86.7 Å². The Balaban J connectivity index is 0.000000209. The van der Waals surface area contributed by atoms with Gasteiger partial charge in [0.2, 0.25) is 0 Å². The Morgan fingerprint density at radius 1 is 0.367 bits per heavy atom. The highest BCUT2D eigenvalue weighted by atomic mass is 35.5. The second-order valence-corrected chi connectivity index (χ2v) is 28.9. The van der Waals surface area contributed by atoms with Crippen LogP contribution in [-0.4, -0.2) is 220 Å². The molecule has 0 radical (unpaired) electrons. The van der Waals surface area contributed by atoms with Gasteiger partial charge in [-0.05, 0) is 183 Å². The zero-order chi connectivity index (χ0) is 89.7. The number of aromatic nitrogens is 5. The van der Waals surface area contributed by atoms with Gasteiger partial charge in [-0.1, -0.05) is 11.6 Å². The van der Waals surface area contributed by atoms with E-state index in [1.54, 1.807) is 75.2 Å². The molecule has 0 spiro atoms. The van der Waals surface area contributed by atoms with Crippen LogP contribution in [0.5, 0.6) is 28.7 Å². The van der Waals surface area contributed by atoms with E-state index in [-0.39, 0.29) is 104 Å². The summed E-state index contributed by atoms with van der Waals surface area (Å²) in [4.78, 5) is 91.7. The Kier molecular flexibility index (Phi) is 32.2. The van der Waals surface area contributed by atoms with Crippen molar-refractivity contribution in [1.29, 1.82) is 0 Å². The molecule has 0 saturated heterocycles. The van der Waals surface area contributed by atoms with Crippen molar-refractivity contribution in [2.75, 3.05) is 120 Å². The second kappa shape index (κ2) is 40.4. The van der Waals surface area contributed by atoms with Crippen LogP contribution >= 0.6 is 11.6 Å². The van der Waals surface area contributed by atoms with Gasteiger partial charge < -0.3 is 92.9 Å². The lowest BCUT2D eigenvalue weighted by Gasteiger charge is -2.15. The number of carboxylic acids is 3. The zero-order valence-corrected chi connectivity index (χ0v) is 69.3. The van der Waals surface area contributed by atoms with Crippen LogP contribution in [0.1, 0.15) is 83.3 Å². The number of alkyl halides is 9. The van der Waals surface area contributed by atoms with Crippen LogP contribution in [0.15, 0.2) is 84.9 Å². The molecule has 0 aliphatic carbocycles. The van der Waals surface area contributed by atoms with Crippen molar-refractivity contribution in [2.24, 2.45) is 0 Å². The van der Waals surface area contributed by atoms with Crippen LogP contribution in [0.25, 0.3) is 54.5 Å². The Labute approximate surface area is 686 Å². The molecular formula is C82H92ClF11N10O16. The Bertz CT molecular complexity index is 5530. The number of esters is 2. The van der Waals surface area contributed by atoms with Crippen LogP contribution in [0.4, 0.5) is 48.3 Å². The van der Waals surface area contributed by atoms with E-state index >= 15 is 0 Å². The first kappa shape index (κ1) is 95.5. The number of halogens is 12. The van der Waals surface area contributed by atoms with E-state index in [1.807, 2.05) is 38.0 Å². The summed E-state index contributed by atoms with van der Waals surface area (Å²) >= 11 is 5.89. The number of hydrogen-bond acceptors (Lipinski definition) is 18. The van der Waals surface area contributed by atoms with E-state index in [1.165, 1.54) is 96.2 Å². The standard InChI is InChI=1S/C22H20ClF3N2O4.C16H19F3N2O3.C15H17F3N2O3.C15H19FN2O3.C14H17FN2O3/c1-27(2)11-16-14(10-18(29)30)19-15(8-9-17(32-3)20(19)22(24,25)26)28(16)21(31)12-4-6-13(23)7-5-12;1-21(2)8-11-9(7-13(22)24-4)14-10(20-11)5-6-12(23-3)15(14)16(17,18)19;1-20(2)7-10-8(6-12(21)22)13-9(19-10)4-5-11(23-3)14(13)15(16,17)18;1-18(2)8-11-9(7-13(19)21-4)14-10(17-11)5-6-12(20-3)15(14)16;1-17(2)7-10-8(6-12(18)19)13-9(16-10)4-5-11(20-3)14(13)15/h4-9H,10-11H2,1-3H3,(H,29,30);5-6,20H,7-8H2,1-4H3;4-5,19H,6-7H2,1-3H3,(H,21,22);5-6,17H,7-8H2,1-4H3;4-5,16H,6-7H2,1-3H3,(H,18,19). The smallest absolute Gasteiger partial charge is 0.420 e. The Morgan fingerprint density at radius 2 is 0.642 bits per heavy atom. The fourth-order valence-electron chi connectivity index (χ4n) is 13.7. The first-order chi connectivity index (χ1) is 56.2. The minimum atomic E-state index is -4.84. The average Bonchev–Trinajstić information content (AvgIpc) is 1.57. The average molecular weight is 1720 g/mol. The largest absolute Gasteiger partial charge is 0.496 e. The number of nitrogens with zero attached hydrogens (tertiary/aromatic N) is 6. The number of aromatic amines is 4. The number of carboxylic acid groups (broad SMARTS) is 3. The topological polar surface area (TPSA) is 312 Å². The molecule has 5 aromatic heterocycles. The van der Waals surface area contributed by atoms with E-state index in [2.05, 4.69) is 24.7 Å². The molecule has 7 N–H and O–H groups in total. The van der Waals surface area contributed by atoms with E-state index in [9.17, 15) is 82.2 Å². The third-order valence-corrected chi connectivity index (χ3v) is 18.6. The predicted octanol–water partition coefficient (Wildman–Crippen LogP) is 14.7. The number of benzene rings is 6. The molecule has 0 fully saturated rings. The normalized spacial score (nSPS) is 11.7. The van der Waals surface area contributed by atoms with Crippen LogP contribution < -0.4 is 23.7 Å². The van der Waals surface area contributed by atoms with Gasteiger partial charge in [0, 0.05) is 121 Å². The number of nitrogens with one attached hydrogen (secondary N) is 4. The van der Waals surface area contributed by atoms with Gasteiger partial charge in [0.05, 0.1) is 87.4 Å². The van der Waals surface area contributed by atoms with Crippen LogP contribution in [0.2, 0.25) is 5.02 Å². The highest BCUT2D eigenvalue weighted by Gasteiger charge is 2.42. The minimum Gasteiger partial charge on any atom is -0.496 e. The Morgan fingerprint density at radius 3 is 0.942 bits per heavy atom. The fourth-order valence-corrected chi connectivity index (χ4v) is 13.8. The number of ether oxygens (including phenoxy) is 7. The van der Waals surface area contributed by atoms with E-state index in [0.717, 1.165) is 30.5 Å². The predicted molar refractivity (Wildman–Crippen MR) is 426 cm³/mol. The summed E-state index contributed by atoms with van der Waals surface area (Å²) < 4.78 is 188. The quantitative estimate of drug-likeness (QED) is 0.0196. The second-order valence-electron chi connectivity index (χ2n) is 28.5. The van der Waals surface area contributed by atoms with Gasteiger partial charge in [-0.25, -0.2) is 8.78 Å². The summed E-state index contributed by atoms with van der Waals surface area (Å²) in [6, 6.07) is 20.4. The summed E-state index contributed by atoms with van der Waals surface area (Å²) in [6.07, 6.45) is -15.8. The van der Waals surface area contributed by atoms with Crippen molar-refractivity contribution in [2.45, 2.75) is 83.4 Å².